The molecule has 7 nitrogen and oxygen atoms in total. The maximum Gasteiger partial charge on any atom is 0.295 e. The van der Waals surface area contributed by atoms with Gasteiger partial charge in [0.1, 0.15) is 23.3 Å². The van der Waals surface area contributed by atoms with Gasteiger partial charge in [0, 0.05) is 12.1 Å². The number of hydrogen-bond donors (Lipinski definition) is 1. The molecule has 0 aliphatic carbocycles. The van der Waals surface area contributed by atoms with Crippen LogP contribution in [0.3, 0.4) is 0 Å². The van der Waals surface area contributed by atoms with Crippen LogP contribution in [0.15, 0.2) is 52.7 Å². The van der Waals surface area contributed by atoms with E-state index in [-0.39, 0.29) is 11.3 Å². The molecule has 0 bridgehead atoms. The lowest BCUT2D eigenvalue weighted by atomic mass is 9.99. The Bertz CT molecular complexity index is 886. The summed E-state index contributed by atoms with van der Waals surface area (Å²) < 4.78 is 10.7. The Hall–Kier alpha value is -3.06. The number of benzene rings is 1. The normalized spacial score (nSPS) is 18.9. The first-order chi connectivity index (χ1) is 13.4. The molecule has 1 aromatic heterocycles. The van der Waals surface area contributed by atoms with Crippen LogP contribution in [0.1, 0.15) is 23.8 Å². The number of ether oxygens (including phenoxy) is 1. The van der Waals surface area contributed by atoms with Crippen molar-refractivity contribution in [2.45, 2.75) is 12.5 Å². The van der Waals surface area contributed by atoms with E-state index in [0.29, 0.717) is 30.0 Å². The van der Waals surface area contributed by atoms with Crippen molar-refractivity contribution in [2.75, 3.05) is 34.3 Å². The van der Waals surface area contributed by atoms with E-state index in [2.05, 4.69) is 0 Å². The van der Waals surface area contributed by atoms with E-state index >= 15 is 0 Å². The van der Waals surface area contributed by atoms with Crippen molar-refractivity contribution in [1.82, 2.24) is 9.80 Å². The number of carbonyl (C=O) groups is 2. The first kappa shape index (κ1) is 19.7. The van der Waals surface area contributed by atoms with Gasteiger partial charge >= 0.3 is 0 Å². The van der Waals surface area contributed by atoms with E-state index in [1.54, 1.807) is 36.4 Å². The first-order valence-corrected chi connectivity index (χ1v) is 9.05. The fraction of sp³-hybridized carbons (Fsp3) is 0.333. The zero-order chi connectivity index (χ0) is 20.3. The van der Waals surface area contributed by atoms with Gasteiger partial charge in [-0.05, 0) is 51.3 Å². The lowest BCUT2D eigenvalue weighted by molar-refractivity contribution is -0.140. The zero-order valence-electron chi connectivity index (χ0n) is 16.2. The van der Waals surface area contributed by atoms with Crippen LogP contribution in [0.25, 0.3) is 5.76 Å². The minimum absolute atomic E-state index is 0.0260. The number of Topliss-reactive ketones (excluding diaryl/α,β-unsaturated/α-hetero) is 1. The van der Waals surface area contributed by atoms with E-state index in [9.17, 15) is 14.7 Å². The summed E-state index contributed by atoms with van der Waals surface area (Å²) in [4.78, 5) is 29.0. The monoisotopic (exact) mass is 384 g/mol. The van der Waals surface area contributed by atoms with Crippen LogP contribution in [0.5, 0.6) is 5.75 Å². The van der Waals surface area contributed by atoms with Gasteiger partial charge in [0.25, 0.3) is 11.7 Å². The molecule has 1 N–H and O–H groups in total. The minimum Gasteiger partial charge on any atom is -0.507 e. The molecule has 2 aromatic rings. The predicted octanol–water partition coefficient (Wildman–Crippen LogP) is 2.66. The fourth-order valence-electron chi connectivity index (χ4n) is 3.34. The van der Waals surface area contributed by atoms with Crippen molar-refractivity contribution in [3.63, 3.8) is 0 Å². The van der Waals surface area contributed by atoms with Crippen molar-refractivity contribution in [1.29, 1.82) is 0 Å². The highest BCUT2D eigenvalue weighted by molar-refractivity contribution is 6.46. The molecule has 148 valence electrons. The summed E-state index contributed by atoms with van der Waals surface area (Å²) in [5.41, 5.74) is 0.431. The van der Waals surface area contributed by atoms with Crippen LogP contribution < -0.4 is 4.74 Å². The second-order valence-electron chi connectivity index (χ2n) is 6.90. The summed E-state index contributed by atoms with van der Waals surface area (Å²) in [6.07, 6.45) is 2.18. The Morgan fingerprint density at radius 3 is 2.68 bits per heavy atom. The molecule has 1 aromatic carbocycles. The molecule has 1 saturated heterocycles. The number of nitrogens with zero attached hydrogens (tertiary/aromatic N) is 2. The average Bonchev–Trinajstić information content (AvgIpc) is 3.29. The van der Waals surface area contributed by atoms with Crippen LogP contribution in [-0.2, 0) is 9.59 Å². The van der Waals surface area contributed by atoms with Crippen LogP contribution in [0.2, 0.25) is 0 Å². The number of methoxy groups -OCH3 is 1. The maximum atomic E-state index is 12.8. The van der Waals surface area contributed by atoms with Crippen molar-refractivity contribution in [2.24, 2.45) is 0 Å². The second-order valence-corrected chi connectivity index (χ2v) is 6.90. The molecule has 0 spiro atoms. The van der Waals surface area contributed by atoms with Gasteiger partial charge in [-0.15, -0.1) is 0 Å². The van der Waals surface area contributed by atoms with Gasteiger partial charge < -0.3 is 24.1 Å². The molecule has 0 radical (unpaired) electrons. The summed E-state index contributed by atoms with van der Waals surface area (Å²) >= 11 is 0. The first-order valence-electron chi connectivity index (χ1n) is 9.05. The number of likely N-dealkylation sites (tertiary alicyclic amines) is 1. The summed E-state index contributed by atoms with van der Waals surface area (Å²) in [5, 5.41) is 10.9. The maximum absolute atomic E-state index is 12.8. The number of aliphatic hydroxyl groups excluding tert-OH is 1. The number of carbonyl (C=O) groups excluding carboxylic acids is 2. The third-order valence-corrected chi connectivity index (χ3v) is 4.70. The molecule has 2 heterocycles. The molecule has 0 saturated carbocycles. The zero-order valence-corrected chi connectivity index (χ0v) is 16.2. The largest absolute Gasteiger partial charge is 0.507 e. The summed E-state index contributed by atoms with van der Waals surface area (Å²) in [7, 11) is 5.41. The molecule has 3 rings (SSSR count). The highest BCUT2D eigenvalue weighted by Gasteiger charge is 2.47. The topological polar surface area (TPSA) is 83.2 Å². The van der Waals surface area contributed by atoms with Crippen LogP contribution in [-0.4, -0.2) is 60.9 Å². The molecule has 7 heteroatoms. The number of amides is 1. The molecule has 28 heavy (non-hydrogen) atoms. The quantitative estimate of drug-likeness (QED) is 0.449. The third-order valence-electron chi connectivity index (χ3n) is 4.70. The number of aliphatic hydroxyl groups is 1. The summed E-state index contributed by atoms with van der Waals surface area (Å²) in [6.45, 7) is 1.15. The Balaban J connectivity index is 2.04. The van der Waals surface area contributed by atoms with Crippen LogP contribution in [0.4, 0.5) is 0 Å². The smallest absolute Gasteiger partial charge is 0.295 e. The number of hydrogen-bond acceptors (Lipinski definition) is 6. The molecule has 1 fully saturated rings. The number of ketones is 1. The van der Waals surface area contributed by atoms with Gasteiger partial charge in [-0.3, -0.25) is 9.59 Å². The molecular formula is C21H24N2O5. The lowest BCUT2D eigenvalue weighted by Gasteiger charge is -2.24. The number of rotatable bonds is 7. The van der Waals surface area contributed by atoms with Gasteiger partial charge in [0.2, 0.25) is 0 Å². The molecule has 1 unspecified atom stereocenters. The Labute approximate surface area is 163 Å². The SMILES string of the molecule is COc1cccc(/C(O)=C2/C(=O)C(=O)N(CCCN(C)C)C2c2ccco2)c1. The molecule has 1 atom stereocenters. The van der Waals surface area contributed by atoms with Gasteiger partial charge in [0.15, 0.2) is 0 Å². The van der Waals surface area contributed by atoms with Crippen molar-refractivity contribution < 1.29 is 23.8 Å². The van der Waals surface area contributed by atoms with Crippen molar-refractivity contribution in [3.05, 3.63) is 59.6 Å². The van der Waals surface area contributed by atoms with Crippen LogP contribution in [0, 0.1) is 0 Å². The Morgan fingerprint density at radius 1 is 1.25 bits per heavy atom. The van der Waals surface area contributed by atoms with Gasteiger partial charge in [-0.25, -0.2) is 0 Å². The fourth-order valence-corrected chi connectivity index (χ4v) is 3.34. The van der Waals surface area contributed by atoms with Crippen LogP contribution >= 0.6 is 0 Å². The third kappa shape index (κ3) is 3.80. The van der Waals surface area contributed by atoms with E-state index in [4.69, 9.17) is 9.15 Å². The standard InChI is InChI=1S/C21H24N2O5/c1-22(2)10-6-11-23-18(16-9-5-12-28-16)17(20(25)21(23)26)19(24)14-7-4-8-15(13-14)27-3/h4-5,7-9,12-13,18,24H,6,10-11H2,1-3H3/b19-17-. The van der Waals surface area contributed by atoms with E-state index < -0.39 is 17.7 Å². The van der Waals surface area contributed by atoms with Gasteiger partial charge in [-0.2, -0.15) is 0 Å². The molecule has 1 aliphatic heterocycles. The highest BCUT2D eigenvalue weighted by Crippen LogP contribution is 2.39. The van der Waals surface area contributed by atoms with E-state index in [1.807, 2.05) is 19.0 Å². The summed E-state index contributed by atoms with van der Waals surface area (Å²) in [5.74, 6) is -0.614. The van der Waals surface area contributed by atoms with Crippen molar-refractivity contribution in [3.8, 4) is 5.75 Å². The average molecular weight is 384 g/mol. The summed E-state index contributed by atoms with van der Waals surface area (Å²) in [6, 6.07) is 9.37. The Kier molecular flexibility index (Phi) is 5.84. The minimum atomic E-state index is -0.761. The molecular weight excluding hydrogens is 360 g/mol. The molecule has 1 amide bonds. The van der Waals surface area contributed by atoms with E-state index in [0.717, 1.165) is 6.54 Å². The highest BCUT2D eigenvalue weighted by atomic mass is 16.5. The lowest BCUT2D eigenvalue weighted by Crippen LogP contribution is -2.32. The van der Waals surface area contributed by atoms with E-state index in [1.165, 1.54) is 18.3 Å². The molecule has 1 aliphatic rings. The van der Waals surface area contributed by atoms with Crippen molar-refractivity contribution >= 4 is 17.4 Å². The van der Waals surface area contributed by atoms with Gasteiger partial charge in [-0.1, -0.05) is 12.1 Å². The Morgan fingerprint density at radius 2 is 2.04 bits per heavy atom. The van der Waals surface area contributed by atoms with Gasteiger partial charge in [0.05, 0.1) is 18.9 Å². The predicted molar refractivity (Wildman–Crippen MR) is 104 cm³/mol. The second kappa shape index (κ2) is 8.31. The number of furan rings is 1.